The summed E-state index contributed by atoms with van der Waals surface area (Å²) >= 11 is 0. The van der Waals surface area contributed by atoms with Gasteiger partial charge < -0.3 is 11.1 Å². The maximum absolute atomic E-state index is 12.2. The van der Waals surface area contributed by atoms with Crippen molar-refractivity contribution in [2.45, 2.75) is 62.6 Å². The lowest BCUT2D eigenvalue weighted by Gasteiger charge is -2.25. The Morgan fingerprint density at radius 3 is 2.37 bits per heavy atom. The van der Waals surface area contributed by atoms with E-state index in [4.69, 9.17) is 5.73 Å². The topological polar surface area (TPSA) is 58.4 Å². The van der Waals surface area contributed by atoms with Crippen LogP contribution < -0.4 is 11.1 Å². The summed E-state index contributed by atoms with van der Waals surface area (Å²) in [6.45, 7) is 2.18. The molecule has 0 aromatic rings. The third kappa shape index (κ3) is 3.75. The molecule has 2 aliphatic carbocycles. The number of carbonyl (C=O) groups excluding carboxylic acids is 1. The Morgan fingerprint density at radius 1 is 1.16 bits per heavy atom. The summed E-state index contributed by atoms with van der Waals surface area (Å²) in [5, 5.41) is 3.17. The fourth-order valence-corrected chi connectivity index (χ4v) is 3.24. The lowest BCUT2D eigenvalue weighted by atomic mass is 9.97. The fraction of sp³-hybridized carbons (Fsp3) is 0.923. The molecule has 1 saturated heterocycles. The molecule has 1 atom stereocenters. The van der Waals surface area contributed by atoms with Gasteiger partial charge in [-0.2, -0.15) is 0 Å². The molecule has 6 heteroatoms. The molecule has 0 aromatic carbocycles. The number of carbonyl (C=O) groups is 1. The van der Waals surface area contributed by atoms with Crippen LogP contribution in [0.5, 0.6) is 0 Å². The van der Waals surface area contributed by atoms with Crippen LogP contribution in [0.4, 0.5) is 0 Å². The Kier molecular flexibility index (Phi) is 5.93. The standard InChI is InChI=1S/C13H23N3O.2ClH/c14-13(6-1-2-7-13)12(17)15-10-5-8-16(9-10)11-3-4-11;;/h10-11H,1-9,14H2,(H,15,17);2*1H. The molecule has 3 fully saturated rings. The molecule has 0 aromatic heterocycles. The zero-order valence-corrected chi connectivity index (χ0v) is 12.9. The van der Waals surface area contributed by atoms with Gasteiger partial charge in [-0.1, -0.05) is 12.8 Å². The van der Waals surface area contributed by atoms with Crippen molar-refractivity contribution < 1.29 is 4.79 Å². The minimum absolute atomic E-state index is 0. The van der Waals surface area contributed by atoms with Crippen molar-refractivity contribution in [1.29, 1.82) is 0 Å². The average molecular weight is 310 g/mol. The number of nitrogens with zero attached hydrogens (tertiary/aromatic N) is 1. The van der Waals surface area contributed by atoms with Gasteiger partial charge in [0.15, 0.2) is 0 Å². The molecule has 1 amide bonds. The molecule has 1 unspecified atom stereocenters. The molecule has 2 saturated carbocycles. The van der Waals surface area contributed by atoms with Gasteiger partial charge in [0.05, 0.1) is 5.54 Å². The van der Waals surface area contributed by atoms with Crippen molar-refractivity contribution in [1.82, 2.24) is 10.2 Å². The first kappa shape index (κ1) is 17.0. The Hall–Kier alpha value is -0.0300. The first-order valence-corrected chi connectivity index (χ1v) is 7.01. The highest BCUT2D eigenvalue weighted by Crippen LogP contribution is 2.31. The Labute approximate surface area is 127 Å². The van der Waals surface area contributed by atoms with E-state index in [1.807, 2.05) is 0 Å². The lowest BCUT2D eigenvalue weighted by molar-refractivity contribution is -0.126. The van der Waals surface area contributed by atoms with Crippen LogP contribution in [-0.4, -0.2) is 41.5 Å². The highest BCUT2D eigenvalue weighted by Gasteiger charge is 2.40. The van der Waals surface area contributed by atoms with Gasteiger partial charge in [-0.3, -0.25) is 9.69 Å². The van der Waals surface area contributed by atoms with E-state index in [1.54, 1.807) is 0 Å². The molecule has 3 aliphatic rings. The minimum atomic E-state index is -0.562. The molecule has 3 rings (SSSR count). The molecule has 1 aliphatic heterocycles. The molecular formula is C13H25Cl2N3O. The van der Waals surface area contributed by atoms with Crippen molar-refractivity contribution in [2.75, 3.05) is 13.1 Å². The summed E-state index contributed by atoms with van der Waals surface area (Å²) in [5.74, 6) is 0.0950. The van der Waals surface area contributed by atoms with E-state index in [2.05, 4.69) is 10.2 Å². The van der Waals surface area contributed by atoms with E-state index < -0.39 is 5.54 Å². The number of hydrogen-bond donors (Lipinski definition) is 2. The first-order chi connectivity index (χ1) is 8.17. The summed E-state index contributed by atoms with van der Waals surface area (Å²) in [6.07, 6.45) is 7.71. The summed E-state index contributed by atoms with van der Waals surface area (Å²) in [7, 11) is 0. The van der Waals surface area contributed by atoms with Gasteiger partial charge in [0.1, 0.15) is 0 Å². The monoisotopic (exact) mass is 309 g/mol. The van der Waals surface area contributed by atoms with Crippen LogP contribution in [0.1, 0.15) is 44.9 Å². The fourth-order valence-electron chi connectivity index (χ4n) is 3.24. The molecule has 0 bridgehead atoms. The van der Waals surface area contributed by atoms with Crippen molar-refractivity contribution in [2.24, 2.45) is 5.73 Å². The second kappa shape index (κ2) is 6.61. The van der Waals surface area contributed by atoms with E-state index in [9.17, 15) is 4.79 Å². The summed E-state index contributed by atoms with van der Waals surface area (Å²) < 4.78 is 0. The molecule has 112 valence electrons. The Bertz CT molecular complexity index is 317. The number of amides is 1. The maximum Gasteiger partial charge on any atom is 0.240 e. The molecule has 1 heterocycles. The molecule has 19 heavy (non-hydrogen) atoms. The Balaban J connectivity index is 0.000000902. The number of hydrogen-bond acceptors (Lipinski definition) is 3. The van der Waals surface area contributed by atoms with Crippen molar-refractivity contribution in [3.63, 3.8) is 0 Å². The van der Waals surface area contributed by atoms with E-state index in [0.717, 1.165) is 51.2 Å². The predicted molar refractivity (Wildman–Crippen MR) is 81.0 cm³/mol. The average Bonchev–Trinajstić information content (AvgIpc) is 2.89. The number of nitrogens with two attached hydrogens (primary N) is 1. The van der Waals surface area contributed by atoms with Crippen LogP contribution >= 0.6 is 24.8 Å². The van der Waals surface area contributed by atoms with Gasteiger partial charge >= 0.3 is 0 Å². The van der Waals surface area contributed by atoms with Gasteiger partial charge in [0, 0.05) is 25.2 Å². The largest absolute Gasteiger partial charge is 0.350 e. The summed E-state index contributed by atoms with van der Waals surface area (Å²) in [6, 6.07) is 1.15. The molecular weight excluding hydrogens is 285 g/mol. The van der Waals surface area contributed by atoms with Gasteiger partial charge in [-0.25, -0.2) is 0 Å². The minimum Gasteiger partial charge on any atom is -0.350 e. The third-order valence-corrected chi connectivity index (χ3v) is 4.57. The zero-order chi connectivity index (χ0) is 11.9. The highest BCUT2D eigenvalue weighted by molar-refractivity contribution is 5.86. The van der Waals surface area contributed by atoms with Crippen LogP contribution in [-0.2, 0) is 4.79 Å². The van der Waals surface area contributed by atoms with Crippen molar-refractivity contribution in [3.05, 3.63) is 0 Å². The summed E-state index contributed by atoms with van der Waals surface area (Å²) in [5.41, 5.74) is 5.60. The van der Waals surface area contributed by atoms with Crippen LogP contribution in [0.3, 0.4) is 0 Å². The van der Waals surface area contributed by atoms with Crippen LogP contribution in [0.25, 0.3) is 0 Å². The van der Waals surface area contributed by atoms with E-state index >= 15 is 0 Å². The van der Waals surface area contributed by atoms with Gasteiger partial charge in [0.2, 0.25) is 5.91 Å². The maximum atomic E-state index is 12.2. The molecule has 4 nitrogen and oxygen atoms in total. The van der Waals surface area contributed by atoms with Crippen molar-refractivity contribution in [3.8, 4) is 0 Å². The second-order valence-electron chi connectivity index (χ2n) is 6.05. The SMILES string of the molecule is Cl.Cl.NC1(C(=O)NC2CCN(C3CC3)C2)CCCC1. The molecule has 3 N–H and O–H groups in total. The normalized spacial score (nSPS) is 29.4. The lowest BCUT2D eigenvalue weighted by Crippen LogP contribution is -2.54. The molecule has 0 radical (unpaired) electrons. The van der Waals surface area contributed by atoms with Crippen LogP contribution in [0.2, 0.25) is 0 Å². The Morgan fingerprint density at radius 2 is 1.79 bits per heavy atom. The van der Waals surface area contributed by atoms with Gasteiger partial charge in [-0.15, -0.1) is 24.8 Å². The van der Waals surface area contributed by atoms with E-state index in [-0.39, 0.29) is 30.7 Å². The van der Waals surface area contributed by atoms with Crippen molar-refractivity contribution >= 4 is 30.7 Å². The summed E-state index contributed by atoms with van der Waals surface area (Å²) in [4.78, 5) is 14.7. The van der Waals surface area contributed by atoms with Crippen LogP contribution in [0, 0.1) is 0 Å². The quantitative estimate of drug-likeness (QED) is 0.829. The van der Waals surface area contributed by atoms with E-state index in [1.165, 1.54) is 12.8 Å². The number of likely N-dealkylation sites (tertiary alicyclic amines) is 1. The number of nitrogens with one attached hydrogen (secondary N) is 1. The zero-order valence-electron chi connectivity index (χ0n) is 11.3. The third-order valence-electron chi connectivity index (χ3n) is 4.57. The number of halogens is 2. The van der Waals surface area contributed by atoms with Gasteiger partial charge in [-0.05, 0) is 32.1 Å². The van der Waals surface area contributed by atoms with Gasteiger partial charge in [0.25, 0.3) is 0 Å². The van der Waals surface area contributed by atoms with E-state index in [0.29, 0.717) is 6.04 Å². The number of rotatable bonds is 3. The second-order valence-corrected chi connectivity index (χ2v) is 6.05. The highest BCUT2D eigenvalue weighted by atomic mass is 35.5. The molecule has 0 spiro atoms. The smallest absolute Gasteiger partial charge is 0.240 e. The first-order valence-electron chi connectivity index (χ1n) is 7.01. The predicted octanol–water partition coefficient (Wildman–Crippen LogP) is 1.45. The van der Waals surface area contributed by atoms with Crippen LogP contribution in [0.15, 0.2) is 0 Å².